The Morgan fingerprint density at radius 3 is 2.06 bits per heavy atom. The summed E-state index contributed by atoms with van der Waals surface area (Å²) in [6, 6.07) is 9.51. The smallest absolute Gasteiger partial charge is 0.0291 e. The van der Waals surface area contributed by atoms with E-state index in [9.17, 15) is 0 Å². The highest BCUT2D eigenvalue weighted by atomic mass is 14.9. The molecular formula is C17H29N. The summed E-state index contributed by atoms with van der Waals surface area (Å²) in [4.78, 5) is 0. The van der Waals surface area contributed by atoms with Gasteiger partial charge in [-0.3, -0.25) is 0 Å². The van der Waals surface area contributed by atoms with Gasteiger partial charge in [0.1, 0.15) is 0 Å². The number of hydrogen-bond acceptors (Lipinski definition) is 1. The van der Waals surface area contributed by atoms with Crippen LogP contribution >= 0.6 is 0 Å². The van der Waals surface area contributed by atoms with E-state index in [2.05, 4.69) is 57.3 Å². The Balaban J connectivity index is 2.34. The minimum atomic E-state index is 0.466. The Labute approximate surface area is 113 Å². The molecule has 1 rings (SSSR count). The van der Waals surface area contributed by atoms with E-state index in [1.165, 1.54) is 36.8 Å². The molecule has 0 heterocycles. The minimum absolute atomic E-state index is 0.466. The van der Waals surface area contributed by atoms with E-state index >= 15 is 0 Å². The monoisotopic (exact) mass is 247 g/mol. The maximum absolute atomic E-state index is 3.61. The lowest BCUT2D eigenvalue weighted by molar-refractivity contribution is 0.536. The van der Waals surface area contributed by atoms with E-state index < -0.39 is 0 Å². The Hall–Kier alpha value is -0.820. The van der Waals surface area contributed by atoms with Gasteiger partial charge in [0.15, 0.2) is 0 Å². The van der Waals surface area contributed by atoms with E-state index in [0.29, 0.717) is 12.0 Å². The van der Waals surface area contributed by atoms with Gasteiger partial charge in [0.25, 0.3) is 0 Å². The quantitative estimate of drug-likeness (QED) is 0.634. The zero-order chi connectivity index (χ0) is 13.4. The second-order valence-electron chi connectivity index (χ2n) is 5.56. The molecule has 1 unspecified atom stereocenters. The molecule has 1 aromatic rings. The fraction of sp³-hybridized carbons (Fsp3) is 0.647. The van der Waals surface area contributed by atoms with Gasteiger partial charge < -0.3 is 5.32 Å². The number of benzene rings is 1. The van der Waals surface area contributed by atoms with E-state index in [1.54, 1.807) is 0 Å². The van der Waals surface area contributed by atoms with Crippen LogP contribution in [0.5, 0.6) is 0 Å². The van der Waals surface area contributed by atoms with Gasteiger partial charge in [-0.05, 0) is 36.9 Å². The normalized spacial score (nSPS) is 12.9. The number of nitrogens with one attached hydrogen (secondary N) is 1. The van der Waals surface area contributed by atoms with E-state index in [1.807, 2.05) is 0 Å². The SMILES string of the molecule is CCCCCCNC(C)c1ccc(C(C)C)cc1. The van der Waals surface area contributed by atoms with Gasteiger partial charge in [-0.1, -0.05) is 64.3 Å². The highest BCUT2D eigenvalue weighted by molar-refractivity contribution is 5.26. The van der Waals surface area contributed by atoms with Crippen molar-refractivity contribution in [2.24, 2.45) is 0 Å². The lowest BCUT2D eigenvalue weighted by Gasteiger charge is -2.15. The predicted octanol–water partition coefficient (Wildman–Crippen LogP) is 5.04. The molecule has 0 aliphatic heterocycles. The number of hydrogen-bond donors (Lipinski definition) is 1. The van der Waals surface area contributed by atoms with Crippen LogP contribution in [0.15, 0.2) is 24.3 Å². The van der Waals surface area contributed by atoms with Crippen LogP contribution in [0, 0.1) is 0 Å². The first-order valence-corrected chi connectivity index (χ1v) is 7.48. The van der Waals surface area contributed by atoms with Crippen LogP contribution < -0.4 is 5.32 Å². The van der Waals surface area contributed by atoms with Gasteiger partial charge in [-0.2, -0.15) is 0 Å². The molecule has 0 saturated carbocycles. The summed E-state index contributed by atoms with van der Waals surface area (Å²) < 4.78 is 0. The largest absolute Gasteiger partial charge is 0.310 e. The van der Waals surface area contributed by atoms with Crippen LogP contribution in [0.2, 0.25) is 0 Å². The standard InChI is InChI=1S/C17H29N/c1-5-6-7-8-13-18-15(4)17-11-9-16(10-12-17)14(2)3/h9-12,14-15,18H,5-8,13H2,1-4H3. The molecule has 1 nitrogen and oxygen atoms in total. The average molecular weight is 247 g/mol. The van der Waals surface area contributed by atoms with Gasteiger partial charge >= 0.3 is 0 Å². The summed E-state index contributed by atoms with van der Waals surface area (Å²) in [5.74, 6) is 0.622. The Morgan fingerprint density at radius 2 is 1.50 bits per heavy atom. The van der Waals surface area contributed by atoms with Gasteiger partial charge in [0.2, 0.25) is 0 Å². The fourth-order valence-corrected chi connectivity index (χ4v) is 2.16. The zero-order valence-corrected chi connectivity index (χ0v) is 12.5. The van der Waals surface area contributed by atoms with Crippen LogP contribution in [-0.4, -0.2) is 6.54 Å². The summed E-state index contributed by atoms with van der Waals surface area (Å²) in [6.45, 7) is 10.1. The molecule has 0 aliphatic rings. The van der Waals surface area contributed by atoms with E-state index in [0.717, 1.165) is 6.54 Å². The molecule has 0 saturated heterocycles. The van der Waals surface area contributed by atoms with E-state index in [-0.39, 0.29) is 0 Å². The molecule has 18 heavy (non-hydrogen) atoms. The Bertz CT molecular complexity index is 313. The summed E-state index contributed by atoms with van der Waals surface area (Å²) in [5, 5.41) is 3.61. The van der Waals surface area contributed by atoms with Crippen molar-refractivity contribution in [2.75, 3.05) is 6.54 Å². The first-order chi connectivity index (χ1) is 8.65. The molecule has 1 aromatic carbocycles. The summed E-state index contributed by atoms with van der Waals surface area (Å²) in [6.07, 6.45) is 5.32. The maximum Gasteiger partial charge on any atom is 0.0291 e. The molecular weight excluding hydrogens is 218 g/mol. The van der Waals surface area contributed by atoms with Crippen molar-refractivity contribution in [1.29, 1.82) is 0 Å². The van der Waals surface area contributed by atoms with Crippen molar-refractivity contribution in [3.63, 3.8) is 0 Å². The third-order valence-corrected chi connectivity index (χ3v) is 3.58. The molecule has 0 aliphatic carbocycles. The van der Waals surface area contributed by atoms with Crippen LogP contribution in [0.1, 0.15) is 76.5 Å². The molecule has 102 valence electrons. The molecule has 0 amide bonds. The second kappa shape index (κ2) is 8.31. The lowest BCUT2D eigenvalue weighted by atomic mass is 9.99. The van der Waals surface area contributed by atoms with Gasteiger partial charge in [-0.15, -0.1) is 0 Å². The first-order valence-electron chi connectivity index (χ1n) is 7.48. The molecule has 1 N–H and O–H groups in total. The van der Waals surface area contributed by atoms with Crippen LogP contribution in [-0.2, 0) is 0 Å². The second-order valence-corrected chi connectivity index (χ2v) is 5.56. The molecule has 1 atom stereocenters. The molecule has 0 aromatic heterocycles. The minimum Gasteiger partial charge on any atom is -0.310 e. The van der Waals surface area contributed by atoms with Crippen molar-refractivity contribution in [2.45, 2.75) is 65.3 Å². The van der Waals surface area contributed by atoms with Gasteiger partial charge in [0.05, 0.1) is 0 Å². The Morgan fingerprint density at radius 1 is 0.889 bits per heavy atom. The van der Waals surface area contributed by atoms with Crippen molar-refractivity contribution >= 4 is 0 Å². The topological polar surface area (TPSA) is 12.0 Å². The highest BCUT2D eigenvalue weighted by Crippen LogP contribution is 2.18. The lowest BCUT2D eigenvalue weighted by Crippen LogP contribution is -2.19. The van der Waals surface area contributed by atoms with Crippen molar-refractivity contribution in [3.05, 3.63) is 35.4 Å². The third-order valence-electron chi connectivity index (χ3n) is 3.58. The summed E-state index contributed by atoms with van der Waals surface area (Å²) in [7, 11) is 0. The van der Waals surface area contributed by atoms with Crippen LogP contribution in [0.4, 0.5) is 0 Å². The van der Waals surface area contributed by atoms with Crippen molar-refractivity contribution in [1.82, 2.24) is 5.32 Å². The summed E-state index contributed by atoms with van der Waals surface area (Å²) >= 11 is 0. The fourth-order valence-electron chi connectivity index (χ4n) is 2.16. The molecule has 0 radical (unpaired) electrons. The Kier molecular flexibility index (Phi) is 7.04. The van der Waals surface area contributed by atoms with Crippen molar-refractivity contribution in [3.8, 4) is 0 Å². The van der Waals surface area contributed by atoms with Crippen molar-refractivity contribution < 1.29 is 0 Å². The van der Waals surface area contributed by atoms with Gasteiger partial charge in [0, 0.05) is 6.04 Å². The van der Waals surface area contributed by atoms with E-state index in [4.69, 9.17) is 0 Å². The summed E-state index contributed by atoms with van der Waals surface area (Å²) in [5.41, 5.74) is 2.82. The molecule has 1 heteroatoms. The van der Waals surface area contributed by atoms with Crippen LogP contribution in [0.25, 0.3) is 0 Å². The molecule has 0 bridgehead atoms. The zero-order valence-electron chi connectivity index (χ0n) is 12.5. The highest BCUT2D eigenvalue weighted by Gasteiger charge is 2.05. The third kappa shape index (κ3) is 5.22. The molecule has 0 spiro atoms. The number of unbranched alkanes of at least 4 members (excludes halogenated alkanes) is 3. The predicted molar refractivity (Wildman–Crippen MR) is 81.1 cm³/mol. The maximum atomic E-state index is 3.61. The van der Waals surface area contributed by atoms with Crippen LogP contribution in [0.3, 0.4) is 0 Å². The number of rotatable bonds is 8. The van der Waals surface area contributed by atoms with Gasteiger partial charge in [-0.25, -0.2) is 0 Å². The molecule has 0 fully saturated rings. The average Bonchev–Trinajstić information content (AvgIpc) is 2.38. The first kappa shape index (κ1) is 15.2.